The SMILES string of the molecule is COC(=O)c1cc2ccccc2c2c3c(ccc12)OCO3. The van der Waals surface area contributed by atoms with E-state index in [4.69, 9.17) is 14.2 Å². The van der Waals surface area contributed by atoms with Crippen molar-refractivity contribution in [2.45, 2.75) is 0 Å². The molecule has 0 aromatic heterocycles. The lowest BCUT2D eigenvalue weighted by Crippen LogP contribution is -2.02. The summed E-state index contributed by atoms with van der Waals surface area (Å²) >= 11 is 0. The van der Waals surface area contributed by atoms with Gasteiger partial charge in [-0.05, 0) is 29.0 Å². The van der Waals surface area contributed by atoms with Crippen molar-refractivity contribution in [1.29, 1.82) is 0 Å². The predicted molar refractivity (Wildman–Crippen MR) is 78.9 cm³/mol. The molecule has 4 rings (SSSR count). The Morgan fingerprint density at radius 2 is 1.95 bits per heavy atom. The highest BCUT2D eigenvalue weighted by Gasteiger charge is 2.22. The van der Waals surface area contributed by atoms with E-state index in [2.05, 4.69) is 0 Å². The molecule has 1 heterocycles. The lowest BCUT2D eigenvalue weighted by molar-refractivity contribution is 0.0603. The first kappa shape index (κ1) is 12.0. The van der Waals surface area contributed by atoms with Gasteiger partial charge in [0.1, 0.15) is 0 Å². The molecule has 21 heavy (non-hydrogen) atoms. The molecule has 0 amide bonds. The van der Waals surface area contributed by atoms with Crippen LogP contribution in [0.5, 0.6) is 11.5 Å². The first-order valence-corrected chi connectivity index (χ1v) is 6.62. The van der Waals surface area contributed by atoms with E-state index in [1.54, 1.807) is 0 Å². The minimum atomic E-state index is -0.357. The molecule has 104 valence electrons. The van der Waals surface area contributed by atoms with Gasteiger partial charge < -0.3 is 14.2 Å². The Morgan fingerprint density at radius 3 is 2.81 bits per heavy atom. The van der Waals surface area contributed by atoms with E-state index in [1.807, 2.05) is 42.5 Å². The fraction of sp³-hybridized carbons (Fsp3) is 0.118. The predicted octanol–water partition coefficient (Wildman–Crippen LogP) is 3.51. The largest absolute Gasteiger partial charge is 0.465 e. The fourth-order valence-electron chi connectivity index (χ4n) is 2.83. The first-order valence-electron chi connectivity index (χ1n) is 6.62. The third-order valence-corrected chi connectivity index (χ3v) is 3.76. The molecule has 1 aliphatic rings. The van der Waals surface area contributed by atoms with Gasteiger partial charge in [-0.15, -0.1) is 0 Å². The lowest BCUT2D eigenvalue weighted by atomic mass is 9.96. The van der Waals surface area contributed by atoms with Crippen LogP contribution >= 0.6 is 0 Å². The number of fused-ring (bicyclic) bond motifs is 5. The van der Waals surface area contributed by atoms with E-state index in [9.17, 15) is 4.79 Å². The highest BCUT2D eigenvalue weighted by molar-refractivity contribution is 6.18. The summed E-state index contributed by atoms with van der Waals surface area (Å²) in [6.45, 7) is 0.200. The van der Waals surface area contributed by atoms with Gasteiger partial charge in [0.15, 0.2) is 11.5 Å². The highest BCUT2D eigenvalue weighted by atomic mass is 16.7. The summed E-state index contributed by atoms with van der Waals surface area (Å²) in [5.41, 5.74) is 0.532. The summed E-state index contributed by atoms with van der Waals surface area (Å²) in [4.78, 5) is 12.1. The number of methoxy groups -OCH3 is 1. The number of carbonyl (C=O) groups excluding carboxylic acids is 1. The van der Waals surface area contributed by atoms with E-state index < -0.39 is 0 Å². The van der Waals surface area contributed by atoms with Crippen LogP contribution in [0.1, 0.15) is 10.4 Å². The second kappa shape index (κ2) is 4.38. The van der Waals surface area contributed by atoms with Crippen LogP contribution in [-0.2, 0) is 4.74 Å². The zero-order chi connectivity index (χ0) is 14.4. The van der Waals surface area contributed by atoms with Crippen LogP contribution in [0.2, 0.25) is 0 Å². The molecule has 0 saturated carbocycles. The lowest BCUT2D eigenvalue weighted by Gasteiger charge is -2.11. The summed E-state index contributed by atoms with van der Waals surface area (Å²) in [7, 11) is 1.39. The normalized spacial score (nSPS) is 12.8. The van der Waals surface area contributed by atoms with Crippen molar-refractivity contribution in [3.05, 3.63) is 48.0 Å². The molecular formula is C17H12O4. The molecule has 0 spiro atoms. The van der Waals surface area contributed by atoms with Gasteiger partial charge in [0.05, 0.1) is 12.7 Å². The molecule has 0 fully saturated rings. The quantitative estimate of drug-likeness (QED) is 0.505. The van der Waals surface area contributed by atoms with Crippen molar-refractivity contribution < 1.29 is 19.0 Å². The number of carbonyl (C=O) groups is 1. The maximum Gasteiger partial charge on any atom is 0.338 e. The number of hydrogen-bond donors (Lipinski definition) is 0. The fourth-order valence-corrected chi connectivity index (χ4v) is 2.83. The highest BCUT2D eigenvalue weighted by Crippen LogP contribution is 2.43. The van der Waals surface area contributed by atoms with E-state index in [-0.39, 0.29) is 12.8 Å². The number of hydrogen-bond acceptors (Lipinski definition) is 4. The molecule has 4 nitrogen and oxygen atoms in total. The molecule has 0 N–H and O–H groups in total. The summed E-state index contributed by atoms with van der Waals surface area (Å²) in [5.74, 6) is 1.04. The molecule has 0 atom stereocenters. The van der Waals surface area contributed by atoms with Gasteiger partial charge in [-0.1, -0.05) is 24.3 Å². The number of ether oxygens (including phenoxy) is 3. The van der Waals surface area contributed by atoms with Crippen LogP contribution in [0, 0.1) is 0 Å². The van der Waals surface area contributed by atoms with Gasteiger partial charge in [0, 0.05) is 10.8 Å². The summed E-state index contributed by atoms with van der Waals surface area (Å²) in [6, 6.07) is 13.4. The number of esters is 1. The Kier molecular flexibility index (Phi) is 2.51. The third-order valence-electron chi connectivity index (χ3n) is 3.76. The maximum absolute atomic E-state index is 12.1. The second-order valence-corrected chi connectivity index (χ2v) is 4.86. The molecule has 1 aliphatic heterocycles. The molecule has 0 bridgehead atoms. The van der Waals surface area contributed by atoms with Gasteiger partial charge in [0.2, 0.25) is 6.79 Å². The summed E-state index contributed by atoms with van der Waals surface area (Å²) in [5, 5.41) is 3.70. The molecule has 0 saturated heterocycles. The topological polar surface area (TPSA) is 44.8 Å². The molecule has 0 aliphatic carbocycles. The molecular weight excluding hydrogens is 268 g/mol. The first-order chi connectivity index (χ1) is 10.3. The van der Waals surface area contributed by atoms with E-state index in [1.165, 1.54) is 7.11 Å². The Morgan fingerprint density at radius 1 is 1.10 bits per heavy atom. The number of rotatable bonds is 1. The monoisotopic (exact) mass is 280 g/mol. The Balaban J connectivity index is 2.22. The van der Waals surface area contributed by atoms with Crippen LogP contribution < -0.4 is 9.47 Å². The van der Waals surface area contributed by atoms with Gasteiger partial charge in [-0.25, -0.2) is 4.79 Å². The van der Waals surface area contributed by atoms with Gasteiger partial charge in [-0.3, -0.25) is 0 Å². The van der Waals surface area contributed by atoms with Gasteiger partial charge in [0.25, 0.3) is 0 Å². The van der Waals surface area contributed by atoms with Gasteiger partial charge in [-0.2, -0.15) is 0 Å². The van der Waals surface area contributed by atoms with Crippen molar-refractivity contribution in [1.82, 2.24) is 0 Å². The molecule has 3 aromatic rings. The van der Waals surface area contributed by atoms with E-state index in [0.717, 1.165) is 21.5 Å². The number of benzene rings is 3. The minimum absolute atomic E-state index is 0.200. The molecule has 4 heteroatoms. The zero-order valence-electron chi connectivity index (χ0n) is 11.4. The second-order valence-electron chi connectivity index (χ2n) is 4.86. The molecule has 0 radical (unpaired) electrons. The Labute approximate surface area is 120 Å². The van der Waals surface area contributed by atoms with Crippen molar-refractivity contribution in [3.8, 4) is 11.5 Å². The molecule has 3 aromatic carbocycles. The third kappa shape index (κ3) is 1.65. The Hall–Kier alpha value is -2.75. The minimum Gasteiger partial charge on any atom is -0.465 e. The van der Waals surface area contributed by atoms with Crippen molar-refractivity contribution in [3.63, 3.8) is 0 Å². The van der Waals surface area contributed by atoms with Crippen molar-refractivity contribution in [2.24, 2.45) is 0 Å². The van der Waals surface area contributed by atoms with Crippen LogP contribution in [-0.4, -0.2) is 19.9 Å². The average molecular weight is 280 g/mol. The van der Waals surface area contributed by atoms with Crippen molar-refractivity contribution in [2.75, 3.05) is 13.9 Å². The van der Waals surface area contributed by atoms with Crippen molar-refractivity contribution >= 4 is 27.5 Å². The Bertz CT molecular complexity index is 883. The van der Waals surface area contributed by atoms with Gasteiger partial charge >= 0.3 is 5.97 Å². The van der Waals surface area contributed by atoms with Crippen LogP contribution in [0.4, 0.5) is 0 Å². The van der Waals surface area contributed by atoms with Crippen LogP contribution in [0.15, 0.2) is 42.5 Å². The summed E-state index contributed by atoms with van der Waals surface area (Å²) < 4.78 is 16.0. The van der Waals surface area contributed by atoms with Crippen LogP contribution in [0.3, 0.4) is 0 Å². The smallest absolute Gasteiger partial charge is 0.338 e. The maximum atomic E-state index is 12.1. The summed E-state index contributed by atoms with van der Waals surface area (Å²) in [6.07, 6.45) is 0. The molecule has 0 unspecified atom stereocenters. The zero-order valence-corrected chi connectivity index (χ0v) is 11.4. The van der Waals surface area contributed by atoms with Crippen LogP contribution in [0.25, 0.3) is 21.5 Å². The van der Waals surface area contributed by atoms with E-state index >= 15 is 0 Å². The standard InChI is InChI=1S/C17H12O4/c1-19-17(18)13-8-10-4-2-3-5-11(10)15-12(13)6-7-14-16(15)21-9-20-14/h2-8H,9H2,1H3. The average Bonchev–Trinajstić information content (AvgIpc) is 3.01. The van der Waals surface area contributed by atoms with E-state index in [0.29, 0.717) is 17.1 Å².